The summed E-state index contributed by atoms with van der Waals surface area (Å²) in [5, 5.41) is 14.0. The molecule has 0 atom stereocenters. The van der Waals surface area contributed by atoms with E-state index >= 15 is 0 Å². The smallest absolute Gasteiger partial charge is 0.429 e. The Labute approximate surface area is 102 Å². The zero-order valence-electron chi connectivity index (χ0n) is 9.40. The molecule has 85 valence electrons. The molecule has 3 heteroatoms. The Balaban J connectivity index is 0.000000437. The molecule has 2 rings (SSSR count). The number of rotatable bonds is 2. The van der Waals surface area contributed by atoms with Gasteiger partial charge in [0.1, 0.15) is 0 Å². The third-order valence-electron chi connectivity index (χ3n) is 2.07. The van der Waals surface area contributed by atoms with Crippen molar-refractivity contribution in [3.05, 3.63) is 71.8 Å². The summed E-state index contributed by atoms with van der Waals surface area (Å²) in [5.41, 5.74) is 2.47. The fourth-order valence-corrected chi connectivity index (χ4v) is 1.32. The van der Waals surface area contributed by atoms with Gasteiger partial charge in [0.2, 0.25) is 0 Å². The third kappa shape index (κ3) is 5.71. The van der Waals surface area contributed by atoms with Crippen LogP contribution in [0.25, 0.3) is 12.2 Å². The molecule has 0 aromatic heterocycles. The first-order valence-corrected chi connectivity index (χ1v) is 5.25. The lowest BCUT2D eigenvalue weighted by Crippen LogP contribution is -1.75. The zero-order valence-corrected chi connectivity index (χ0v) is 9.40. The van der Waals surface area contributed by atoms with Crippen molar-refractivity contribution in [2.45, 2.75) is 0 Å². The number of hydrogen-bond acceptors (Lipinski definition) is 2. The highest BCUT2D eigenvalue weighted by atomic mass is 16.4. The van der Waals surface area contributed by atoms with Gasteiger partial charge in [-0.05, 0) is 11.1 Å². The molecule has 0 aliphatic carbocycles. The van der Waals surface area contributed by atoms with Crippen LogP contribution in [0.5, 0.6) is 0 Å². The SMILES string of the molecule is C(=C\c1ccccc1)/c1ccccc1.O[B]O. The quantitative estimate of drug-likeness (QED) is 0.608. The normalized spacial score (nSPS) is 9.53. The third-order valence-corrected chi connectivity index (χ3v) is 2.07. The molecule has 0 heterocycles. The van der Waals surface area contributed by atoms with E-state index in [4.69, 9.17) is 10.0 Å². The van der Waals surface area contributed by atoms with Gasteiger partial charge in [0, 0.05) is 0 Å². The van der Waals surface area contributed by atoms with Crippen molar-refractivity contribution >= 4 is 19.8 Å². The summed E-state index contributed by atoms with van der Waals surface area (Å²) in [4.78, 5) is 0. The second-order valence-electron chi connectivity index (χ2n) is 3.27. The maximum atomic E-state index is 7.00. The van der Waals surface area contributed by atoms with Gasteiger partial charge < -0.3 is 10.0 Å². The van der Waals surface area contributed by atoms with Gasteiger partial charge >= 0.3 is 7.69 Å². The van der Waals surface area contributed by atoms with Gasteiger partial charge in [-0.3, -0.25) is 0 Å². The first kappa shape index (κ1) is 13.2. The van der Waals surface area contributed by atoms with Crippen LogP contribution in [0.2, 0.25) is 0 Å². The van der Waals surface area contributed by atoms with Crippen LogP contribution in [-0.4, -0.2) is 17.7 Å². The van der Waals surface area contributed by atoms with Gasteiger partial charge in [-0.15, -0.1) is 0 Å². The van der Waals surface area contributed by atoms with E-state index in [0.29, 0.717) is 0 Å². The Morgan fingerprint density at radius 1 is 0.647 bits per heavy atom. The van der Waals surface area contributed by atoms with Crippen LogP contribution in [0.15, 0.2) is 60.7 Å². The minimum atomic E-state index is 0. The summed E-state index contributed by atoms with van der Waals surface area (Å²) < 4.78 is 0. The molecular formula is C14H14BO2. The Morgan fingerprint density at radius 3 is 1.24 bits per heavy atom. The lowest BCUT2D eigenvalue weighted by atomic mass is 10.1. The van der Waals surface area contributed by atoms with Crippen molar-refractivity contribution in [3.63, 3.8) is 0 Å². The van der Waals surface area contributed by atoms with E-state index in [1.807, 2.05) is 36.4 Å². The lowest BCUT2D eigenvalue weighted by Gasteiger charge is -1.92. The van der Waals surface area contributed by atoms with Gasteiger partial charge in [-0.1, -0.05) is 72.8 Å². The van der Waals surface area contributed by atoms with Crippen molar-refractivity contribution in [1.29, 1.82) is 0 Å². The minimum absolute atomic E-state index is 0. The molecule has 0 saturated carbocycles. The van der Waals surface area contributed by atoms with Crippen LogP contribution in [0.1, 0.15) is 11.1 Å². The highest BCUT2D eigenvalue weighted by Crippen LogP contribution is 2.06. The molecule has 0 amide bonds. The number of benzene rings is 2. The van der Waals surface area contributed by atoms with Gasteiger partial charge in [-0.2, -0.15) is 0 Å². The predicted molar refractivity (Wildman–Crippen MR) is 72.0 cm³/mol. The second kappa shape index (κ2) is 8.33. The Hall–Kier alpha value is -1.84. The molecule has 0 aliphatic heterocycles. The first-order chi connectivity index (χ1) is 8.36. The molecule has 0 saturated heterocycles. The minimum Gasteiger partial charge on any atom is -0.429 e. The molecular weight excluding hydrogens is 211 g/mol. The molecule has 2 aromatic carbocycles. The fourth-order valence-electron chi connectivity index (χ4n) is 1.32. The van der Waals surface area contributed by atoms with Crippen molar-refractivity contribution in [1.82, 2.24) is 0 Å². The number of hydrogen-bond donors (Lipinski definition) is 2. The Bertz CT molecular complexity index is 385. The van der Waals surface area contributed by atoms with Crippen LogP contribution in [0, 0.1) is 0 Å². The van der Waals surface area contributed by atoms with Crippen molar-refractivity contribution in [2.75, 3.05) is 0 Å². The Kier molecular flexibility index (Phi) is 6.48. The summed E-state index contributed by atoms with van der Waals surface area (Å²) >= 11 is 0. The van der Waals surface area contributed by atoms with Crippen LogP contribution < -0.4 is 0 Å². The molecule has 0 fully saturated rings. The van der Waals surface area contributed by atoms with Crippen molar-refractivity contribution in [2.24, 2.45) is 0 Å². The lowest BCUT2D eigenvalue weighted by molar-refractivity contribution is 0.448. The van der Waals surface area contributed by atoms with E-state index in [1.165, 1.54) is 11.1 Å². The molecule has 0 spiro atoms. The largest absolute Gasteiger partial charge is 0.482 e. The summed E-state index contributed by atoms with van der Waals surface area (Å²) in [5.74, 6) is 0. The summed E-state index contributed by atoms with van der Waals surface area (Å²) in [6.45, 7) is 0. The first-order valence-electron chi connectivity index (χ1n) is 5.25. The van der Waals surface area contributed by atoms with Gasteiger partial charge in [0.25, 0.3) is 0 Å². The Morgan fingerprint density at radius 2 is 0.941 bits per heavy atom. The molecule has 1 radical (unpaired) electrons. The maximum Gasteiger partial charge on any atom is 0.482 e. The highest BCUT2D eigenvalue weighted by Gasteiger charge is 1.84. The molecule has 0 aliphatic rings. The average molecular weight is 225 g/mol. The van der Waals surface area contributed by atoms with E-state index in [2.05, 4.69) is 36.4 Å². The second-order valence-corrected chi connectivity index (χ2v) is 3.27. The molecule has 2 N–H and O–H groups in total. The molecule has 0 bridgehead atoms. The summed E-state index contributed by atoms with van der Waals surface area (Å²) in [6, 6.07) is 20.6. The maximum absolute atomic E-state index is 7.00. The van der Waals surface area contributed by atoms with Crippen molar-refractivity contribution in [3.8, 4) is 0 Å². The molecule has 2 nitrogen and oxygen atoms in total. The van der Waals surface area contributed by atoms with E-state index in [1.54, 1.807) is 0 Å². The van der Waals surface area contributed by atoms with Crippen LogP contribution in [0.3, 0.4) is 0 Å². The van der Waals surface area contributed by atoms with E-state index in [9.17, 15) is 0 Å². The van der Waals surface area contributed by atoms with E-state index < -0.39 is 0 Å². The predicted octanol–water partition coefficient (Wildman–Crippen LogP) is 2.36. The topological polar surface area (TPSA) is 40.5 Å². The van der Waals surface area contributed by atoms with Crippen molar-refractivity contribution < 1.29 is 10.0 Å². The van der Waals surface area contributed by atoms with Crippen LogP contribution >= 0.6 is 0 Å². The zero-order chi connectivity index (χ0) is 12.3. The molecule has 2 aromatic rings. The van der Waals surface area contributed by atoms with Gasteiger partial charge in [-0.25, -0.2) is 0 Å². The summed E-state index contributed by atoms with van der Waals surface area (Å²) in [6.07, 6.45) is 4.24. The van der Waals surface area contributed by atoms with Gasteiger partial charge in [0.15, 0.2) is 0 Å². The van der Waals surface area contributed by atoms with E-state index in [-0.39, 0.29) is 7.69 Å². The summed E-state index contributed by atoms with van der Waals surface area (Å²) in [7, 11) is 0. The van der Waals surface area contributed by atoms with Crippen LogP contribution in [0.4, 0.5) is 0 Å². The van der Waals surface area contributed by atoms with E-state index in [0.717, 1.165) is 0 Å². The van der Waals surface area contributed by atoms with Gasteiger partial charge in [0.05, 0.1) is 0 Å². The monoisotopic (exact) mass is 225 g/mol. The molecule has 17 heavy (non-hydrogen) atoms. The average Bonchev–Trinajstić information content (AvgIpc) is 2.40. The molecule has 0 unspecified atom stereocenters. The fraction of sp³-hybridized carbons (Fsp3) is 0. The standard InChI is InChI=1S/C14H12.BH2O2/c1-3-7-13(8-4-1)11-12-14-9-5-2-6-10-14;2-1-3/h1-12H;2-3H/b12-11+;. The van der Waals surface area contributed by atoms with Crippen LogP contribution in [-0.2, 0) is 0 Å². The highest BCUT2D eigenvalue weighted by molar-refractivity contribution is 6.13.